The summed E-state index contributed by atoms with van der Waals surface area (Å²) < 4.78 is 0. The van der Waals surface area contributed by atoms with Crippen molar-refractivity contribution in [2.45, 2.75) is 31.8 Å². The number of carboxylic acid groups (broad SMARTS) is 1. The molecule has 3 amide bonds. The Labute approximate surface area is 226 Å². The number of amides is 3. The molecule has 1 aliphatic heterocycles. The quantitative estimate of drug-likeness (QED) is 0.376. The van der Waals surface area contributed by atoms with Crippen molar-refractivity contribution in [1.29, 1.82) is 0 Å². The smallest absolute Gasteiger partial charge is 1.00 e. The van der Waals surface area contributed by atoms with Gasteiger partial charge in [-0.2, -0.15) is 0 Å². The van der Waals surface area contributed by atoms with Gasteiger partial charge in [-0.25, -0.2) is 4.79 Å². The first-order valence-corrected chi connectivity index (χ1v) is 10.6. The van der Waals surface area contributed by atoms with Crippen LogP contribution in [0.4, 0.5) is 4.79 Å². The number of carbonyl (C=O) groups is 4. The molecule has 0 spiro atoms. The van der Waals surface area contributed by atoms with E-state index in [9.17, 15) is 24.3 Å². The van der Waals surface area contributed by atoms with Gasteiger partial charge in [-0.05, 0) is 36.1 Å². The second kappa shape index (κ2) is 12.2. The Hall–Kier alpha value is -2.65. The second-order valence-corrected chi connectivity index (χ2v) is 8.25. The van der Waals surface area contributed by atoms with E-state index in [1.807, 2.05) is 24.3 Å². The number of hydrogen-bond acceptors (Lipinski definition) is 4. The maximum atomic E-state index is 12.6. The van der Waals surface area contributed by atoms with Crippen LogP contribution in [0.25, 0.3) is 0 Å². The van der Waals surface area contributed by atoms with Gasteiger partial charge in [0.2, 0.25) is 0 Å². The van der Waals surface area contributed by atoms with Crippen LogP contribution in [0, 0.1) is 0 Å². The molecule has 34 heavy (non-hydrogen) atoms. The van der Waals surface area contributed by atoms with Crippen LogP contribution in [0.5, 0.6) is 0 Å². The van der Waals surface area contributed by atoms with E-state index in [4.69, 9.17) is 11.6 Å². The van der Waals surface area contributed by atoms with Crippen LogP contribution in [0.15, 0.2) is 60.3 Å². The molecule has 0 bridgehead atoms. The zero-order chi connectivity index (χ0) is 24.1. The number of ketones is 1. The van der Waals surface area contributed by atoms with Gasteiger partial charge in [-0.1, -0.05) is 54.1 Å². The third-order valence-corrected chi connectivity index (χ3v) is 5.67. The molecule has 2 unspecified atom stereocenters. The third-order valence-electron chi connectivity index (χ3n) is 5.30. The number of carbonyl (C=O) groups excluding carboxylic acids is 3. The van der Waals surface area contributed by atoms with E-state index >= 15 is 0 Å². The van der Waals surface area contributed by atoms with Gasteiger partial charge in [-0.3, -0.25) is 14.4 Å². The third kappa shape index (κ3) is 6.93. The fourth-order valence-electron chi connectivity index (χ4n) is 3.63. The molecule has 2 atom stereocenters. The van der Waals surface area contributed by atoms with Crippen LogP contribution in [-0.4, -0.2) is 46.8 Å². The molecule has 0 fully saturated rings. The molecule has 0 aromatic heterocycles. The van der Waals surface area contributed by atoms with Gasteiger partial charge in [0.05, 0.1) is 12.5 Å². The summed E-state index contributed by atoms with van der Waals surface area (Å²) in [5.41, 5.74) is 2.71. The Kier molecular flexibility index (Phi) is 9.88. The van der Waals surface area contributed by atoms with Gasteiger partial charge in [-0.15, -0.1) is 0 Å². The Morgan fingerprint density at radius 2 is 1.88 bits per heavy atom. The number of nitrogens with one attached hydrogen (secondary N) is 2. The van der Waals surface area contributed by atoms with Crippen molar-refractivity contribution in [3.63, 3.8) is 0 Å². The number of Topliss-reactive ketones (excluding diaryl/α,β-unsaturated/α-hetero) is 1. The normalized spacial score (nSPS) is 16.3. The van der Waals surface area contributed by atoms with Crippen LogP contribution >= 0.6 is 11.6 Å². The van der Waals surface area contributed by atoms with Gasteiger partial charge in [0.25, 0.3) is 5.91 Å². The van der Waals surface area contributed by atoms with E-state index in [1.165, 1.54) is 18.1 Å². The summed E-state index contributed by atoms with van der Waals surface area (Å²) in [6.45, 7) is 1.55. The summed E-state index contributed by atoms with van der Waals surface area (Å²) >= 11 is 6.25. The van der Waals surface area contributed by atoms with Gasteiger partial charge < -0.3 is 22.1 Å². The van der Waals surface area contributed by atoms with Crippen molar-refractivity contribution in [1.82, 2.24) is 15.5 Å². The minimum absolute atomic E-state index is 0. The van der Waals surface area contributed by atoms with E-state index in [0.29, 0.717) is 22.6 Å². The number of aliphatic carboxylic acids is 1. The fraction of sp³-hybridized carbons (Fsp3) is 0.250. The van der Waals surface area contributed by atoms with Crippen LogP contribution in [-0.2, 0) is 20.8 Å². The van der Waals surface area contributed by atoms with Gasteiger partial charge in [0, 0.05) is 23.8 Å². The Bertz CT molecular complexity index is 1140. The minimum Gasteiger partial charge on any atom is -1.00 e. The average molecular weight is 494 g/mol. The van der Waals surface area contributed by atoms with Crippen LogP contribution in [0.1, 0.15) is 37.5 Å². The Morgan fingerprint density at radius 3 is 2.56 bits per heavy atom. The largest absolute Gasteiger partial charge is 1.00 e. The van der Waals surface area contributed by atoms with Crippen molar-refractivity contribution < 1.29 is 55.3 Å². The summed E-state index contributed by atoms with van der Waals surface area (Å²) in [6.07, 6.45) is 1.55. The summed E-state index contributed by atoms with van der Waals surface area (Å²) in [4.78, 5) is 50.0. The number of nitrogens with zero attached hydrogens (tertiary/aromatic N) is 1. The molecule has 10 heteroatoms. The number of likely N-dealkylation sites (N-methyl/N-ethyl adjacent to an activating group) is 1. The first-order chi connectivity index (χ1) is 15.7. The second-order valence-electron chi connectivity index (χ2n) is 7.84. The minimum atomic E-state index is -1.36. The molecule has 1 heterocycles. The number of halogens is 1. The predicted octanol–water partition coefficient (Wildman–Crippen LogP) is 0.176. The first kappa shape index (κ1) is 27.6. The van der Waals surface area contributed by atoms with Crippen LogP contribution in [0.3, 0.4) is 0 Å². The summed E-state index contributed by atoms with van der Waals surface area (Å²) in [5, 5.41) is 14.9. The van der Waals surface area contributed by atoms with Crippen molar-refractivity contribution >= 4 is 35.3 Å². The zero-order valence-electron chi connectivity index (χ0n) is 20.2. The molecule has 0 saturated heterocycles. The van der Waals surface area contributed by atoms with Gasteiger partial charge in [0.1, 0.15) is 0 Å². The SMILES string of the molecule is CC1=CN(C)C(=O)C(NC(=O)NC(CC(=O)O)c2cccc(Cc3ccccc3Cl)c2)C1=O.[H-].[Na+]. The average Bonchev–Trinajstić information content (AvgIpc) is 2.76. The maximum Gasteiger partial charge on any atom is 1.00 e. The van der Waals surface area contributed by atoms with Gasteiger partial charge in [0.15, 0.2) is 11.8 Å². The molecular formula is C24H25ClN3NaO5. The van der Waals surface area contributed by atoms with Crippen molar-refractivity contribution in [3.8, 4) is 0 Å². The van der Waals surface area contributed by atoms with Gasteiger partial charge >= 0.3 is 41.6 Å². The van der Waals surface area contributed by atoms with Crippen molar-refractivity contribution in [2.75, 3.05) is 7.05 Å². The van der Waals surface area contributed by atoms with E-state index in [1.54, 1.807) is 31.2 Å². The fourth-order valence-corrected chi connectivity index (χ4v) is 3.83. The van der Waals surface area contributed by atoms with Crippen molar-refractivity contribution in [3.05, 3.63) is 82.0 Å². The number of rotatable bonds is 7. The molecule has 3 rings (SSSR count). The molecule has 2 aromatic carbocycles. The first-order valence-electron chi connectivity index (χ1n) is 10.3. The predicted molar refractivity (Wildman–Crippen MR) is 124 cm³/mol. The zero-order valence-corrected chi connectivity index (χ0v) is 21.9. The topological polar surface area (TPSA) is 116 Å². The Balaban J connectivity index is 0.00000306. The van der Waals surface area contributed by atoms with Crippen LogP contribution in [0.2, 0.25) is 5.02 Å². The summed E-state index contributed by atoms with van der Waals surface area (Å²) in [5.74, 6) is -2.19. The number of carboxylic acids is 1. The summed E-state index contributed by atoms with van der Waals surface area (Å²) in [7, 11) is 1.49. The van der Waals surface area contributed by atoms with E-state index < -0.39 is 35.8 Å². The molecule has 3 N–H and O–H groups in total. The number of hydrogen-bond donors (Lipinski definition) is 3. The van der Waals surface area contributed by atoms with E-state index in [0.717, 1.165) is 11.1 Å². The van der Waals surface area contributed by atoms with E-state index in [2.05, 4.69) is 10.6 Å². The maximum absolute atomic E-state index is 12.6. The van der Waals surface area contributed by atoms with Crippen molar-refractivity contribution in [2.24, 2.45) is 0 Å². The Morgan fingerprint density at radius 1 is 1.18 bits per heavy atom. The van der Waals surface area contributed by atoms with E-state index in [-0.39, 0.29) is 37.4 Å². The van der Waals surface area contributed by atoms with Crippen LogP contribution < -0.4 is 40.2 Å². The standard InChI is InChI=1S/C24H24ClN3O5.Na.H/c1-14-13-28(2)23(32)21(22(14)31)27-24(33)26-19(12-20(29)30)17-8-5-6-15(11-17)10-16-7-3-4-9-18(16)25;;/h3-9,11,13,19,21H,10,12H2,1-2H3,(H,29,30)(H2,26,27,33);;/q;+1;-1. The molecule has 0 radical (unpaired) electrons. The monoisotopic (exact) mass is 493 g/mol. The molecule has 0 aliphatic carbocycles. The number of urea groups is 1. The molecule has 0 saturated carbocycles. The molecular weight excluding hydrogens is 469 g/mol. The number of benzene rings is 2. The molecule has 2 aromatic rings. The molecule has 174 valence electrons. The molecule has 1 aliphatic rings. The molecule has 8 nitrogen and oxygen atoms in total. The summed E-state index contributed by atoms with van der Waals surface area (Å²) in [6, 6.07) is 11.5.